The van der Waals surface area contributed by atoms with Crippen molar-refractivity contribution in [1.82, 2.24) is 0 Å². The summed E-state index contributed by atoms with van der Waals surface area (Å²) in [6.45, 7) is -0.326. The highest BCUT2D eigenvalue weighted by molar-refractivity contribution is 7.02. The van der Waals surface area contributed by atoms with E-state index in [4.69, 9.17) is 9.47 Å². The Bertz CT molecular complexity index is 4270. The molecule has 0 spiro atoms. The molecule has 4 heterocycles. The molecule has 6 heteroatoms. The van der Waals surface area contributed by atoms with Crippen LogP contribution in [0.2, 0.25) is 0 Å². The lowest BCUT2D eigenvalue weighted by Crippen LogP contribution is -2.63. The lowest BCUT2D eigenvalue weighted by molar-refractivity contribution is 0.466. The minimum Gasteiger partial charge on any atom is -0.458 e. The molecule has 0 atom stereocenters. The summed E-state index contributed by atoms with van der Waals surface area (Å²) in [5, 5.41) is 0. The van der Waals surface area contributed by atoms with Crippen molar-refractivity contribution in [3.8, 4) is 78.6 Å². The number of para-hydroxylation sites is 3. The molecule has 12 aromatic rings. The summed E-state index contributed by atoms with van der Waals surface area (Å²) in [6.07, 6.45) is 0. The normalized spacial score (nSPS) is 13.0. The summed E-state index contributed by atoms with van der Waals surface area (Å²) in [5.74, 6) is 3.27. The van der Waals surface area contributed by atoms with Crippen molar-refractivity contribution in [3.63, 3.8) is 0 Å². The van der Waals surface area contributed by atoms with Gasteiger partial charge in [0.1, 0.15) is 23.0 Å². The standard InChI is InChI=1S/C72H46B2N2O2/c1-7-22-47(23-8-1)52-38-39-59-63(40-52)76(72-56(50-28-13-4-14-29-50)34-21-35-57(72)51-30-15-5-16-31-51)65-42-54(49-26-11-3-12-27-49)44-69-71(65)74(59)61-45-60-66(46-67(61)78-69)77-68-43-53(48-24-9-2-10-25-48)41-64-70(68)73(60)58-36-19-20-37-62(58)75(64)55-32-17-6-18-33-55/h1-46H. The summed E-state index contributed by atoms with van der Waals surface area (Å²) >= 11 is 0. The Morgan fingerprint density at radius 1 is 0.244 bits per heavy atom. The maximum atomic E-state index is 7.49. The third-order valence-electron chi connectivity index (χ3n) is 16.3. The summed E-state index contributed by atoms with van der Waals surface area (Å²) in [6, 6.07) is 101. The second kappa shape index (κ2) is 17.8. The van der Waals surface area contributed by atoms with E-state index in [2.05, 4.69) is 289 Å². The van der Waals surface area contributed by atoms with Gasteiger partial charge in [0, 0.05) is 45.6 Å². The highest BCUT2D eigenvalue weighted by Gasteiger charge is 2.47. The van der Waals surface area contributed by atoms with Gasteiger partial charge < -0.3 is 19.3 Å². The fourth-order valence-electron chi connectivity index (χ4n) is 12.9. The largest absolute Gasteiger partial charge is 0.458 e. The van der Waals surface area contributed by atoms with E-state index in [0.717, 1.165) is 135 Å². The van der Waals surface area contributed by atoms with Crippen LogP contribution in [-0.2, 0) is 0 Å². The van der Waals surface area contributed by atoms with Gasteiger partial charge >= 0.3 is 0 Å². The van der Waals surface area contributed by atoms with Gasteiger partial charge in [-0.3, -0.25) is 0 Å². The molecule has 0 unspecified atom stereocenters. The Labute approximate surface area is 454 Å². The van der Waals surface area contributed by atoms with E-state index in [1.54, 1.807) is 0 Å². The highest BCUT2D eigenvalue weighted by Crippen LogP contribution is 2.51. The quantitative estimate of drug-likeness (QED) is 0.149. The van der Waals surface area contributed by atoms with Crippen LogP contribution in [0, 0.1) is 0 Å². The van der Waals surface area contributed by atoms with Crippen molar-refractivity contribution in [2.45, 2.75) is 0 Å². The molecule has 0 aliphatic carbocycles. The smallest absolute Gasteiger partial charge is 0.256 e. The van der Waals surface area contributed by atoms with Crippen LogP contribution in [0.4, 0.5) is 34.1 Å². The molecule has 362 valence electrons. The zero-order valence-electron chi connectivity index (χ0n) is 42.4. The zero-order valence-corrected chi connectivity index (χ0v) is 42.4. The SMILES string of the molecule is c1ccc(-c2ccc3c(c2)N(c2c(-c4ccccc4)cccc2-c2ccccc2)c2cc(-c4ccccc4)cc4c2B3c2cc3c(cc2O4)Oc2cc(-c4ccccc4)cc4c2B3c2ccccc2N4c2ccccc2)cc1. The maximum Gasteiger partial charge on any atom is 0.256 e. The van der Waals surface area contributed by atoms with E-state index in [1.165, 1.54) is 10.9 Å². The number of rotatable bonds is 7. The van der Waals surface area contributed by atoms with Crippen LogP contribution < -0.4 is 52.1 Å². The van der Waals surface area contributed by atoms with Gasteiger partial charge in [-0.1, -0.05) is 224 Å². The monoisotopic (exact) mass is 992 g/mol. The van der Waals surface area contributed by atoms with Crippen LogP contribution in [0.3, 0.4) is 0 Å². The third kappa shape index (κ3) is 6.96. The van der Waals surface area contributed by atoms with Crippen molar-refractivity contribution in [1.29, 1.82) is 0 Å². The summed E-state index contributed by atoms with van der Waals surface area (Å²) in [5.41, 5.74) is 24.9. The molecule has 0 fully saturated rings. The van der Waals surface area contributed by atoms with E-state index < -0.39 is 0 Å². The van der Waals surface area contributed by atoms with Crippen LogP contribution in [0.25, 0.3) is 55.6 Å². The van der Waals surface area contributed by atoms with E-state index in [1.807, 2.05) is 0 Å². The van der Waals surface area contributed by atoms with Gasteiger partial charge in [0.15, 0.2) is 0 Å². The van der Waals surface area contributed by atoms with Crippen LogP contribution in [0.5, 0.6) is 23.0 Å². The molecular formula is C72H46B2N2O2. The fourth-order valence-corrected chi connectivity index (χ4v) is 12.9. The van der Waals surface area contributed by atoms with Gasteiger partial charge in [-0.2, -0.15) is 0 Å². The molecule has 4 aliphatic heterocycles. The molecule has 4 nitrogen and oxygen atoms in total. The molecule has 0 radical (unpaired) electrons. The Hall–Kier alpha value is -10.0. The van der Waals surface area contributed by atoms with E-state index >= 15 is 0 Å². The predicted octanol–water partition coefficient (Wildman–Crippen LogP) is 14.8. The summed E-state index contributed by atoms with van der Waals surface area (Å²) in [7, 11) is 0. The minimum atomic E-state index is -0.199. The topological polar surface area (TPSA) is 24.9 Å². The molecule has 0 bridgehead atoms. The van der Waals surface area contributed by atoms with E-state index in [9.17, 15) is 0 Å². The van der Waals surface area contributed by atoms with Gasteiger partial charge in [-0.25, -0.2) is 0 Å². The number of benzene rings is 12. The average Bonchev–Trinajstić information content (AvgIpc) is 3.55. The van der Waals surface area contributed by atoms with E-state index in [-0.39, 0.29) is 13.4 Å². The number of ether oxygens (including phenoxy) is 2. The zero-order chi connectivity index (χ0) is 51.3. The molecule has 78 heavy (non-hydrogen) atoms. The molecular weight excluding hydrogens is 946 g/mol. The number of anilines is 6. The Kier molecular flexibility index (Phi) is 10.1. The Morgan fingerprint density at radius 3 is 1.19 bits per heavy atom. The lowest BCUT2D eigenvalue weighted by atomic mass is 9.31. The van der Waals surface area contributed by atoms with Gasteiger partial charge in [-0.15, -0.1) is 0 Å². The lowest BCUT2D eigenvalue weighted by Gasteiger charge is -2.43. The van der Waals surface area contributed by atoms with Crippen LogP contribution in [0.1, 0.15) is 0 Å². The number of fused-ring (bicyclic) bond motifs is 8. The fraction of sp³-hybridized carbons (Fsp3) is 0. The molecule has 16 rings (SSSR count). The summed E-state index contributed by atoms with van der Waals surface area (Å²) < 4.78 is 14.8. The number of nitrogens with zero attached hydrogens (tertiary/aromatic N) is 2. The molecule has 0 aromatic heterocycles. The van der Waals surface area contributed by atoms with Gasteiger partial charge in [0.05, 0.1) is 5.69 Å². The second-order valence-corrected chi connectivity index (χ2v) is 20.7. The van der Waals surface area contributed by atoms with Crippen molar-refractivity contribution >= 4 is 80.3 Å². The first-order valence-electron chi connectivity index (χ1n) is 26.9. The number of hydrogen-bond acceptors (Lipinski definition) is 4. The average molecular weight is 993 g/mol. The van der Waals surface area contributed by atoms with Crippen LogP contribution in [-0.4, -0.2) is 13.4 Å². The van der Waals surface area contributed by atoms with Crippen molar-refractivity contribution in [2.75, 3.05) is 9.80 Å². The van der Waals surface area contributed by atoms with Gasteiger partial charge in [-0.05, 0) is 126 Å². The van der Waals surface area contributed by atoms with Crippen LogP contribution in [0.15, 0.2) is 279 Å². The Morgan fingerprint density at radius 2 is 0.667 bits per heavy atom. The first-order valence-corrected chi connectivity index (χ1v) is 26.9. The Balaban J connectivity index is 0.974. The molecule has 4 aliphatic rings. The maximum absolute atomic E-state index is 7.49. The number of hydrogen-bond donors (Lipinski definition) is 0. The van der Waals surface area contributed by atoms with Crippen molar-refractivity contribution in [2.24, 2.45) is 0 Å². The molecule has 0 saturated heterocycles. The molecule has 0 N–H and O–H groups in total. The van der Waals surface area contributed by atoms with Crippen molar-refractivity contribution < 1.29 is 9.47 Å². The van der Waals surface area contributed by atoms with E-state index in [0.29, 0.717) is 0 Å². The molecule has 0 amide bonds. The van der Waals surface area contributed by atoms with Gasteiger partial charge in [0.25, 0.3) is 13.4 Å². The predicted molar refractivity (Wildman–Crippen MR) is 325 cm³/mol. The first kappa shape index (κ1) is 44.3. The van der Waals surface area contributed by atoms with Crippen molar-refractivity contribution in [3.05, 3.63) is 279 Å². The third-order valence-corrected chi connectivity index (χ3v) is 16.3. The minimum absolute atomic E-state index is 0.127. The first-order chi connectivity index (χ1) is 38.7. The molecule has 0 saturated carbocycles. The van der Waals surface area contributed by atoms with Crippen LogP contribution >= 0.6 is 0 Å². The molecule has 12 aromatic carbocycles. The highest BCUT2D eigenvalue weighted by atomic mass is 16.5. The van der Waals surface area contributed by atoms with Gasteiger partial charge in [0.2, 0.25) is 0 Å². The second-order valence-electron chi connectivity index (χ2n) is 20.7. The summed E-state index contributed by atoms with van der Waals surface area (Å²) in [4.78, 5) is 4.99.